The van der Waals surface area contributed by atoms with Gasteiger partial charge in [-0.3, -0.25) is 10.1 Å². The largest absolute Gasteiger partial charge is 0.350 e. The van der Waals surface area contributed by atoms with Gasteiger partial charge in [0.05, 0.1) is 4.92 Å². The van der Waals surface area contributed by atoms with E-state index >= 15 is 0 Å². The van der Waals surface area contributed by atoms with Gasteiger partial charge in [0, 0.05) is 35.8 Å². The minimum Gasteiger partial charge on any atom is -0.350 e. The van der Waals surface area contributed by atoms with Crippen LogP contribution in [0.15, 0.2) is 36.7 Å². The normalized spacial score (nSPS) is 11.3. The molecule has 0 saturated carbocycles. The molecular weight excluding hydrogens is 192 g/mol. The molecule has 0 N–H and O–H groups in total. The van der Waals surface area contributed by atoms with Crippen LogP contribution in [0.5, 0.6) is 0 Å². The summed E-state index contributed by atoms with van der Waals surface area (Å²) in [5.41, 5.74) is 1.94. The lowest BCUT2D eigenvalue weighted by Crippen LogP contribution is -1.82. The summed E-state index contributed by atoms with van der Waals surface area (Å²) in [6.45, 7) is 0. The molecule has 0 saturated heterocycles. The zero-order valence-corrected chi connectivity index (χ0v) is 8.25. The number of benzene rings is 1. The molecule has 0 spiro atoms. The zero-order chi connectivity index (χ0) is 10.8. The lowest BCUT2D eigenvalue weighted by molar-refractivity contribution is -0.400. The number of hydrogen-bond acceptors (Lipinski definition) is 2. The van der Waals surface area contributed by atoms with Crippen molar-refractivity contribution in [3.8, 4) is 0 Å². The van der Waals surface area contributed by atoms with E-state index < -0.39 is 4.92 Å². The highest BCUT2D eigenvalue weighted by Gasteiger charge is 2.03. The molecule has 1 aromatic carbocycles. The molecule has 0 unspecified atom stereocenters. The second-order valence-corrected chi connectivity index (χ2v) is 3.31. The Bertz CT molecular complexity index is 541. The first-order chi connectivity index (χ1) is 7.18. The predicted octanol–water partition coefficient (Wildman–Crippen LogP) is 2.43. The molecule has 0 atom stereocenters. The first kappa shape index (κ1) is 9.45. The lowest BCUT2D eigenvalue weighted by Gasteiger charge is -1.92. The summed E-state index contributed by atoms with van der Waals surface area (Å²) < 4.78 is 1.95. The van der Waals surface area contributed by atoms with E-state index in [-0.39, 0.29) is 0 Å². The predicted molar refractivity (Wildman–Crippen MR) is 58.9 cm³/mol. The van der Waals surface area contributed by atoms with Crippen LogP contribution in [0.25, 0.3) is 17.0 Å². The third-order valence-electron chi connectivity index (χ3n) is 2.30. The van der Waals surface area contributed by atoms with E-state index in [0.717, 1.165) is 22.7 Å². The minimum absolute atomic E-state index is 0.457. The van der Waals surface area contributed by atoms with Gasteiger partial charge in [-0.2, -0.15) is 0 Å². The summed E-state index contributed by atoms with van der Waals surface area (Å²) in [5, 5.41) is 11.3. The number of aryl methyl sites for hydroxylation is 1. The van der Waals surface area contributed by atoms with Crippen molar-refractivity contribution in [1.29, 1.82) is 0 Å². The Morgan fingerprint density at radius 1 is 1.40 bits per heavy atom. The van der Waals surface area contributed by atoms with E-state index in [4.69, 9.17) is 0 Å². The molecule has 76 valence electrons. The molecule has 15 heavy (non-hydrogen) atoms. The molecule has 0 aliphatic heterocycles. The van der Waals surface area contributed by atoms with Crippen LogP contribution in [0.1, 0.15) is 5.56 Å². The van der Waals surface area contributed by atoms with Crippen LogP contribution < -0.4 is 0 Å². The van der Waals surface area contributed by atoms with Gasteiger partial charge in [0.15, 0.2) is 0 Å². The van der Waals surface area contributed by atoms with Gasteiger partial charge in [-0.1, -0.05) is 18.2 Å². The summed E-state index contributed by atoms with van der Waals surface area (Å²) >= 11 is 0. The van der Waals surface area contributed by atoms with Gasteiger partial charge in [0.1, 0.15) is 0 Å². The molecule has 2 aromatic rings. The molecule has 0 amide bonds. The summed E-state index contributed by atoms with van der Waals surface area (Å²) in [4.78, 5) is 9.77. The first-order valence-corrected chi connectivity index (χ1v) is 4.54. The number of hydrogen-bond donors (Lipinski definition) is 0. The molecule has 0 aliphatic carbocycles. The molecule has 4 nitrogen and oxygen atoms in total. The fourth-order valence-corrected chi connectivity index (χ4v) is 1.65. The summed E-state index contributed by atoms with van der Waals surface area (Å²) in [5.74, 6) is 0. The van der Waals surface area contributed by atoms with Crippen molar-refractivity contribution < 1.29 is 4.92 Å². The van der Waals surface area contributed by atoms with E-state index in [2.05, 4.69) is 0 Å². The van der Waals surface area contributed by atoms with Crippen LogP contribution in [-0.2, 0) is 7.05 Å². The quantitative estimate of drug-likeness (QED) is 0.554. The SMILES string of the molecule is Cn1cc(/C=C\[N+](=O)[O-])c2ccccc21. The minimum atomic E-state index is -0.457. The van der Waals surface area contributed by atoms with Crippen LogP contribution in [0.4, 0.5) is 0 Å². The molecule has 0 aliphatic rings. The maximum Gasteiger partial charge on any atom is 0.235 e. The Balaban J connectivity index is 2.57. The summed E-state index contributed by atoms with van der Waals surface area (Å²) in [6.07, 6.45) is 4.36. The maximum atomic E-state index is 10.2. The third-order valence-corrected chi connectivity index (χ3v) is 2.30. The Labute approximate surface area is 86.6 Å². The smallest absolute Gasteiger partial charge is 0.235 e. The number of nitro groups is 1. The van der Waals surface area contributed by atoms with Crippen molar-refractivity contribution in [2.45, 2.75) is 0 Å². The van der Waals surface area contributed by atoms with Crippen molar-refractivity contribution in [3.63, 3.8) is 0 Å². The average molecular weight is 202 g/mol. The number of para-hydroxylation sites is 1. The highest BCUT2D eigenvalue weighted by molar-refractivity contribution is 5.89. The molecule has 1 aromatic heterocycles. The molecule has 2 rings (SSSR count). The van der Waals surface area contributed by atoms with Gasteiger partial charge in [0.2, 0.25) is 6.20 Å². The van der Waals surface area contributed by atoms with Crippen molar-refractivity contribution in [3.05, 3.63) is 52.3 Å². The van der Waals surface area contributed by atoms with Crippen LogP contribution in [-0.4, -0.2) is 9.49 Å². The molecule has 4 heteroatoms. The number of rotatable bonds is 2. The van der Waals surface area contributed by atoms with Gasteiger partial charge < -0.3 is 4.57 Å². The average Bonchev–Trinajstić information content (AvgIpc) is 2.54. The molecule has 0 fully saturated rings. The van der Waals surface area contributed by atoms with Crippen molar-refractivity contribution >= 4 is 17.0 Å². The number of fused-ring (bicyclic) bond motifs is 1. The van der Waals surface area contributed by atoms with Crippen molar-refractivity contribution in [2.24, 2.45) is 7.05 Å². The van der Waals surface area contributed by atoms with Crippen LogP contribution in [0.2, 0.25) is 0 Å². The fraction of sp³-hybridized carbons (Fsp3) is 0.0909. The van der Waals surface area contributed by atoms with Crippen LogP contribution in [0, 0.1) is 10.1 Å². The topological polar surface area (TPSA) is 48.1 Å². The summed E-state index contributed by atoms with van der Waals surface area (Å²) in [6, 6.07) is 7.81. The van der Waals surface area contributed by atoms with Gasteiger partial charge in [-0.15, -0.1) is 0 Å². The van der Waals surface area contributed by atoms with Gasteiger partial charge in [-0.05, 0) is 6.07 Å². The maximum absolute atomic E-state index is 10.2. The Morgan fingerprint density at radius 2 is 2.13 bits per heavy atom. The van der Waals surface area contributed by atoms with Gasteiger partial charge >= 0.3 is 0 Å². The molecule has 0 radical (unpaired) electrons. The molecule has 0 bridgehead atoms. The third kappa shape index (κ3) is 1.74. The molecular formula is C11H10N2O2. The number of nitrogens with zero attached hydrogens (tertiary/aromatic N) is 2. The van der Waals surface area contributed by atoms with Gasteiger partial charge in [-0.25, -0.2) is 0 Å². The van der Waals surface area contributed by atoms with Crippen LogP contribution >= 0.6 is 0 Å². The lowest BCUT2D eigenvalue weighted by atomic mass is 10.2. The van der Waals surface area contributed by atoms with Crippen molar-refractivity contribution in [2.75, 3.05) is 0 Å². The van der Waals surface area contributed by atoms with E-state index in [1.165, 1.54) is 6.08 Å². The highest BCUT2D eigenvalue weighted by Crippen LogP contribution is 2.21. The first-order valence-electron chi connectivity index (χ1n) is 4.54. The Morgan fingerprint density at radius 3 is 2.87 bits per heavy atom. The second kappa shape index (κ2) is 3.57. The van der Waals surface area contributed by atoms with E-state index in [1.54, 1.807) is 0 Å². The second-order valence-electron chi connectivity index (χ2n) is 3.31. The standard InChI is InChI=1S/C11H10N2O2/c1-12-8-9(6-7-13(14)15)10-4-2-3-5-11(10)12/h2-8H,1H3/b7-6-. The van der Waals surface area contributed by atoms with E-state index in [0.29, 0.717) is 0 Å². The summed E-state index contributed by atoms with van der Waals surface area (Å²) in [7, 11) is 1.92. The Kier molecular flexibility index (Phi) is 2.25. The zero-order valence-electron chi connectivity index (χ0n) is 8.25. The van der Waals surface area contributed by atoms with E-state index in [9.17, 15) is 10.1 Å². The Hall–Kier alpha value is -2.10. The molecule has 1 heterocycles. The number of aromatic nitrogens is 1. The monoisotopic (exact) mass is 202 g/mol. The van der Waals surface area contributed by atoms with Gasteiger partial charge in [0.25, 0.3) is 0 Å². The van der Waals surface area contributed by atoms with Crippen molar-refractivity contribution in [1.82, 2.24) is 4.57 Å². The highest BCUT2D eigenvalue weighted by atomic mass is 16.6. The fourth-order valence-electron chi connectivity index (χ4n) is 1.65. The van der Waals surface area contributed by atoms with Crippen LogP contribution in [0.3, 0.4) is 0 Å². The van der Waals surface area contributed by atoms with E-state index in [1.807, 2.05) is 42.1 Å².